The van der Waals surface area contributed by atoms with Gasteiger partial charge in [-0.3, -0.25) is 9.13 Å². The first-order chi connectivity index (χ1) is 4.88. The van der Waals surface area contributed by atoms with Gasteiger partial charge in [-0.2, -0.15) is 0 Å². The van der Waals surface area contributed by atoms with E-state index >= 15 is 0 Å². The van der Waals surface area contributed by atoms with Gasteiger partial charge in [0.15, 0.2) is 0 Å². The SMILES string of the molecule is CCC.O=[PH](O)O.O=[PH](O)O. The molecule has 8 heteroatoms. The molecule has 0 saturated heterocycles. The first kappa shape index (κ1) is 17.4. The maximum atomic E-state index is 8.74. The molecule has 0 aliphatic carbocycles. The lowest BCUT2D eigenvalue weighted by atomic mass is 10.6. The molecule has 0 aromatic carbocycles. The van der Waals surface area contributed by atoms with Crippen molar-refractivity contribution in [2.45, 2.75) is 20.3 Å². The average molecular weight is 208 g/mol. The van der Waals surface area contributed by atoms with Gasteiger partial charge in [-0.25, -0.2) is 0 Å². The average Bonchev–Trinajstić information content (AvgIpc) is 1.60. The molecule has 4 N–H and O–H groups in total. The number of hydrogen-bond acceptors (Lipinski definition) is 2. The molecule has 0 bridgehead atoms. The zero-order chi connectivity index (χ0) is 9.86. The summed E-state index contributed by atoms with van der Waals surface area (Å²) in [6, 6.07) is 0. The Hall–Kier alpha value is 0.300. The second kappa shape index (κ2) is 16.7. The highest BCUT2D eigenvalue weighted by Gasteiger charge is 1.62. The van der Waals surface area contributed by atoms with Crippen LogP contribution >= 0.6 is 16.5 Å². The molecule has 0 aliphatic rings. The Labute approximate surface area is 66.4 Å². The van der Waals surface area contributed by atoms with Crippen LogP contribution in [0.4, 0.5) is 0 Å². The standard InChI is InChI=1S/C3H8.2H3O3P/c1-3-2;2*1-4(2)3/h3H2,1-2H3;2*4H,(H2,1,2,3). The fourth-order valence-electron chi connectivity index (χ4n) is 0. The highest BCUT2D eigenvalue weighted by Crippen LogP contribution is 1.98. The van der Waals surface area contributed by atoms with E-state index in [9.17, 15) is 0 Å². The van der Waals surface area contributed by atoms with Crippen molar-refractivity contribution in [3.63, 3.8) is 0 Å². The first-order valence-corrected chi connectivity index (χ1v) is 5.32. The fraction of sp³-hybridized carbons (Fsp3) is 1.00. The van der Waals surface area contributed by atoms with Crippen molar-refractivity contribution < 1.29 is 28.7 Å². The van der Waals surface area contributed by atoms with Crippen LogP contribution in [0.1, 0.15) is 20.3 Å². The van der Waals surface area contributed by atoms with Gasteiger partial charge in [-0.1, -0.05) is 20.3 Å². The highest BCUT2D eigenvalue weighted by molar-refractivity contribution is 7.31. The zero-order valence-electron chi connectivity index (χ0n) is 6.31. The van der Waals surface area contributed by atoms with E-state index in [2.05, 4.69) is 13.8 Å². The van der Waals surface area contributed by atoms with Crippen LogP contribution in [0.5, 0.6) is 0 Å². The van der Waals surface area contributed by atoms with Crippen LogP contribution in [0.3, 0.4) is 0 Å². The molecule has 0 rings (SSSR count). The molecule has 6 nitrogen and oxygen atoms in total. The first-order valence-electron chi connectivity index (χ1n) is 2.72. The van der Waals surface area contributed by atoms with Crippen LogP contribution in [0.25, 0.3) is 0 Å². The third kappa shape index (κ3) is 7880. The van der Waals surface area contributed by atoms with Gasteiger partial charge < -0.3 is 19.6 Å². The number of rotatable bonds is 0. The quantitative estimate of drug-likeness (QED) is 0.421. The third-order valence-electron chi connectivity index (χ3n) is 0. The van der Waals surface area contributed by atoms with Crippen molar-refractivity contribution >= 4 is 16.5 Å². The Morgan fingerprint density at radius 2 is 0.909 bits per heavy atom. The molecule has 0 radical (unpaired) electrons. The lowest BCUT2D eigenvalue weighted by molar-refractivity contribution is 0.403. The molecule has 0 fully saturated rings. The van der Waals surface area contributed by atoms with Gasteiger partial charge in [0, 0.05) is 0 Å². The molecule has 0 aromatic heterocycles. The molecule has 0 amide bonds. The van der Waals surface area contributed by atoms with E-state index in [0.717, 1.165) is 0 Å². The van der Waals surface area contributed by atoms with Crippen LogP contribution in [-0.2, 0) is 9.13 Å². The summed E-state index contributed by atoms with van der Waals surface area (Å²) >= 11 is 0. The third-order valence-corrected chi connectivity index (χ3v) is 0. The Kier molecular flexibility index (Phi) is 26.4. The predicted octanol–water partition coefficient (Wildman–Crippen LogP) is 0.138. The van der Waals surface area contributed by atoms with Gasteiger partial charge in [0.1, 0.15) is 0 Å². The molecular weight excluding hydrogens is 194 g/mol. The Morgan fingerprint density at radius 1 is 0.909 bits per heavy atom. The Balaban J connectivity index is -0.0000000886. The molecule has 0 atom stereocenters. The normalized spacial score (nSPS) is 8.00. The van der Waals surface area contributed by atoms with E-state index in [1.165, 1.54) is 6.42 Å². The maximum absolute atomic E-state index is 8.74. The Morgan fingerprint density at radius 3 is 0.909 bits per heavy atom. The van der Waals surface area contributed by atoms with E-state index in [1.807, 2.05) is 0 Å². The second-order valence-electron chi connectivity index (χ2n) is 1.27. The van der Waals surface area contributed by atoms with Crippen molar-refractivity contribution in [2.24, 2.45) is 0 Å². The molecule has 11 heavy (non-hydrogen) atoms. The fourth-order valence-corrected chi connectivity index (χ4v) is 0. The summed E-state index contributed by atoms with van der Waals surface area (Å²) in [6.45, 7) is 4.25. The summed E-state index contributed by atoms with van der Waals surface area (Å²) < 4.78 is 17.5. The van der Waals surface area contributed by atoms with Crippen LogP contribution in [0.2, 0.25) is 0 Å². The predicted molar refractivity (Wildman–Crippen MR) is 42.8 cm³/mol. The molecule has 0 heterocycles. The van der Waals surface area contributed by atoms with Gasteiger partial charge in [0.05, 0.1) is 0 Å². The van der Waals surface area contributed by atoms with Gasteiger partial charge in [-0.05, 0) is 0 Å². The summed E-state index contributed by atoms with van der Waals surface area (Å²) in [7, 11) is -6.26. The highest BCUT2D eigenvalue weighted by atomic mass is 31.1. The molecule has 0 spiro atoms. The van der Waals surface area contributed by atoms with E-state index in [4.69, 9.17) is 28.7 Å². The summed E-state index contributed by atoms with van der Waals surface area (Å²) in [5.74, 6) is 0. The second-order valence-corrected chi connectivity index (χ2v) is 2.40. The molecule has 0 aliphatic heterocycles. The molecule has 0 saturated carbocycles. The van der Waals surface area contributed by atoms with Crippen LogP contribution in [0.15, 0.2) is 0 Å². The van der Waals surface area contributed by atoms with Crippen molar-refractivity contribution in [1.82, 2.24) is 0 Å². The van der Waals surface area contributed by atoms with Crippen molar-refractivity contribution in [2.75, 3.05) is 0 Å². The summed E-state index contributed by atoms with van der Waals surface area (Å²) in [6.07, 6.45) is 1.25. The topological polar surface area (TPSA) is 115 Å². The smallest absolute Gasteiger partial charge is 0.314 e. The van der Waals surface area contributed by atoms with Gasteiger partial charge in [-0.15, -0.1) is 0 Å². The van der Waals surface area contributed by atoms with E-state index in [-0.39, 0.29) is 0 Å². The maximum Gasteiger partial charge on any atom is 0.314 e. The van der Waals surface area contributed by atoms with Gasteiger partial charge in [0.25, 0.3) is 0 Å². The van der Waals surface area contributed by atoms with E-state index in [0.29, 0.717) is 0 Å². The molecule has 0 aromatic rings. The largest absolute Gasteiger partial charge is 0.326 e. The van der Waals surface area contributed by atoms with Crippen molar-refractivity contribution in [3.8, 4) is 0 Å². The summed E-state index contributed by atoms with van der Waals surface area (Å²) in [4.78, 5) is 28.6. The minimum absolute atomic E-state index is 1.25. The minimum Gasteiger partial charge on any atom is -0.326 e. The molecular formula is C3H14O6P2. The van der Waals surface area contributed by atoms with Gasteiger partial charge in [0.2, 0.25) is 0 Å². The molecule has 0 unspecified atom stereocenters. The number of hydrogen-bond donors (Lipinski definition) is 4. The van der Waals surface area contributed by atoms with E-state index < -0.39 is 16.5 Å². The molecule has 72 valence electrons. The lowest BCUT2D eigenvalue weighted by Gasteiger charge is -1.61. The van der Waals surface area contributed by atoms with Gasteiger partial charge >= 0.3 is 16.5 Å². The minimum atomic E-state index is -3.13. The zero-order valence-corrected chi connectivity index (χ0v) is 8.31. The summed E-state index contributed by atoms with van der Waals surface area (Å²) in [5, 5.41) is 0. The van der Waals surface area contributed by atoms with Crippen LogP contribution in [0, 0.1) is 0 Å². The Bertz CT molecular complexity index is 84.0. The van der Waals surface area contributed by atoms with Crippen LogP contribution < -0.4 is 0 Å². The summed E-state index contributed by atoms with van der Waals surface area (Å²) in [5.41, 5.74) is 0. The van der Waals surface area contributed by atoms with E-state index in [1.54, 1.807) is 0 Å². The van der Waals surface area contributed by atoms with Crippen LogP contribution in [-0.4, -0.2) is 19.6 Å². The van der Waals surface area contributed by atoms with Crippen molar-refractivity contribution in [3.05, 3.63) is 0 Å². The van der Waals surface area contributed by atoms with Crippen molar-refractivity contribution in [1.29, 1.82) is 0 Å². The monoisotopic (exact) mass is 208 g/mol. The lowest BCUT2D eigenvalue weighted by Crippen LogP contribution is -1.38.